The van der Waals surface area contributed by atoms with Crippen molar-refractivity contribution in [3.05, 3.63) is 53.6 Å². The van der Waals surface area contributed by atoms with Crippen LogP contribution < -0.4 is 5.32 Å². The van der Waals surface area contributed by atoms with Crippen molar-refractivity contribution in [2.24, 2.45) is 0 Å². The molecule has 6 nitrogen and oxygen atoms in total. The van der Waals surface area contributed by atoms with Crippen LogP contribution in [0.2, 0.25) is 0 Å². The normalized spacial score (nSPS) is 21.3. The Bertz CT molecular complexity index is 943. The highest BCUT2D eigenvalue weighted by Gasteiger charge is 2.37. The van der Waals surface area contributed by atoms with Crippen molar-refractivity contribution in [2.75, 3.05) is 31.5 Å². The van der Waals surface area contributed by atoms with Crippen LogP contribution in [0.25, 0.3) is 0 Å². The Morgan fingerprint density at radius 3 is 2.46 bits per heavy atom. The summed E-state index contributed by atoms with van der Waals surface area (Å²) in [4.78, 5) is 4.65. The number of aryl methyl sites for hydroxylation is 1. The van der Waals surface area contributed by atoms with Gasteiger partial charge >= 0.3 is 0 Å². The van der Waals surface area contributed by atoms with E-state index in [4.69, 9.17) is 0 Å². The minimum atomic E-state index is -3.36. The molecule has 0 aliphatic carbocycles. The Hall–Kier alpha value is -2.03. The van der Waals surface area contributed by atoms with Crippen molar-refractivity contribution in [1.82, 2.24) is 13.6 Å². The smallest absolute Gasteiger partial charge is 0.281 e. The summed E-state index contributed by atoms with van der Waals surface area (Å²) in [6.45, 7) is 4.16. The molecule has 2 aliphatic rings. The van der Waals surface area contributed by atoms with Gasteiger partial charge in [0.05, 0.1) is 0 Å². The lowest BCUT2D eigenvalue weighted by Gasteiger charge is -2.23. The minimum Gasteiger partial charge on any atom is -0.355 e. The molecule has 1 N–H and O–H groups in total. The molecule has 8 heteroatoms. The zero-order valence-electron chi connectivity index (χ0n) is 15.9. The highest BCUT2D eigenvalue weighted by molar-refractivity contribution is 7.86. The molecule has 2 saturated heterocycles. The van der Waals surface area contributed by atoms with Gasteiger partial charge in [-0.2, -0.15) is 17.0 Å². The van der Waals surface area contributed by atoms with Gasteiger partial charge in [0, 0.05) is 54.9 Å². The maximum Gasteiger partial charge on any atom is 0.281 e. The van der Waals surface area contributed by atoms with Crippen molar-refractivity contribution < 1.29 is 12.8 Å². The summed E-state index contributed by atoms with van der Waals surface area (Å²) in [5.74, 6) is -0.201. The number of pyridine rings is 1. The molecule has 1 atom stereocenters. The van der Waals surface area contributed by atoms with Crippen LogP contribution in [0.5, 0.6) is 0 Å². The predicted molar refractivity (Wildman–Crippen MR) is 107 cm³/mol. The number of hydrogen-bond donors (Lipinski definition) is 1. The summed E-state index contributed by atoms with van der Waals surface area (Å²) in [6.07, 6.45) is 2.64. The number of rotatable bonds is 5. The number of anilines is 2. The van der Waals surface area contributed by atoms with Crippen LogP contribution in [0, 0.1) is 12.7 Å². The van der Waals surface area contributed by atoms with Gasteiger partial charge in [0.15, 0.2) is 0 Å². The topological polar surface area (TPSA) is 65.5 Å². The average molecular weight is 405 g/mol. The molecule has 2 fully saturated rings. The van der Waals surface area contributed by atoms with E-state index in [2.05, 4.69) is 10.3 Å². The number of nitrogens with zero attached hydrogens (tertiary/aromatic N) is 3. The second-order valence-electron chi connectivity index (χ2n) is 7.51. The molecule has 4 rings (SSSR count). The van der Waals surface area contributed by atoms with E-state index in [1.807, 2.05) is 19.1 Å². The van der Waals surface area contributed by atoms with E-state index in [1.165, 1.54) is 12.1 Å². The molecule has 1 aromatic carbocycles. The molecular formula is C20H25FN4O2S. The SMILES string of the molecule is Cc1cc(Nc2ccc(F)cc2)cc(C2CCN(S(=O)(=O)N3CCCC3)C2)n1. The second-order valence-corrected chi connectivity index (χ2v) is 9.44. The van der Waals surface area contributed by atoms with Gasteiger partial charge < -0.3 is 5.32 Å². The zero-order valence-corrected chi connectivity index (χ0v) is 16.8. The first-order valence-electron chi connectivity index (χ1n) is 9.68. The van der Waals surface area contributed by atoms with E-state index in [1.54, 1.807) is 20.7 Å². The highest BCUT2D eigenvalue weighted by atomic mass is 32.2. The van der Waals surface area contributed by atoms with Gasteiger partial charge in [-0.25, -0.2) is 4.39 Å². The van der Waals surface area contributed by atoms with Gasteiger partial charge in [-0.15, -0.1) is 0 Å². The molecule has 0 radical (unpaired) electrons. The van der Waals surface area contributed by atoms with E-state index in [0.29, 0.717) is 26.2 Å². The second kappa shape index (κ2) is 7.77. The summed E-state index contributed by atoms with van der Waals surface area (Å²) in [6, 6.07) is 10.1. The zero-order chi connectivity index (χ0) is 19.7. The van der Waals surface area contributed by atoms with Crippen molar-refractivity contribution in [1.29, 1.82) is 0 Å². The first-order chi connectivity index (χ1) is 13.4. The van der Waals surface area contributed by atoms with Gasteiger partial charge in [-0.3, -0.25) is 4.98 Å². The molecule has 0 saturated carbocycles. The van der Waals surface area contributed by atoms with Crippen LogP contribution >= 0.6 is 0 Å². The summed E-state index contributed by atoms with van der Waals surface area (Å²) >= 11 is 0. The summed E-state index contributed by atoms with van der Waals surface area (Å²) in [5.41, 5.74) is 3.42. The van der Waals surface area contributed by atoms with Crippen LogP contribution in [-0.2, 0) is 10.2 Å². The predicted octanol–water partition coefficient (Wildman–Crippen LogP) is 3.40. The highest BCUT2D eigenvalue weighted by Crippen LogP contribution is 2.31. The van der Waals surface area contributed by atoms with Gasteiger partial charge in [0.2, 0.25) is 0 Å². The van der Waals surface area contributed by atoms with Crippen LogP contribution in [0.15, 0.2) is 36.4 Å². The summed E-state index contributed by atoms with van der Waals surface area (Å²) < 4.78 is 41.9. The Balaban J connectivity index is 1.50. The number of benzene rings is 1. The number of halogens is 1. The minimum absolute atomic E-state index is 0.0750. The fourth-order valence-corrected chi connectivity index (χ4v) is 5.69. The quantitative estimate of drug-likeness (QED) is 0.830. The molecule has 0 amide bonds. The largest absolute Gasteiger partial charge is 0.355 e. The molecule has 150 valence electrons. The van der Waals surface area contributed by atoms with E-state index < -0.39 is 10.2 Å². The molecule has 0 bridgehead atoms. The van der Waals surface area contributed by atoms with Crippen LogP contribution in [-0.4, -0.2) is 48.2 Å². The van der Waals surface area contributed by atoms with Gasteiger partial charge in [0.25, 0.3) is 10.2 Å². The fourth-order valence-electron chi connectivity index (χ4n) is 3.94. The lowest BCUT2D eigenvalue weighted by molar-refractivity contribution is 0.395. The van der Waals surface area contributed by atoms with E-state index >= 15 is 0 Å². The van der Waals surface area contributed by atoms with Crippen molar-refractivity contribution >= 4 is 21.6 Å². The van der Waals surface area contributed by atoms with Gasteiger partial charge in [-0.1, -0.05) is 0 Å². The number of hydrogen-bond acceptors (Lipinski definition) is 4. The van der Waals surface area contributed by atoms with Crippen LogP contribution in [0.1, 0.15) is 36.6 Å². The lowest BCUT2D eigenvalue weighted by Crippen LogP contribution is -2.41. The first kappa shape index (κ1) is 19.3. The number of aromatic nitrogens is 1. The van der Waals surface area contributed by atoms with Gasteiger partial charge in [0.1, 0.15) is 5.82 Å². The molecule has 0 spiro atoms. The first-order valence-corrected chi connectivity index (χ1v) is 11.1. The number of nitrogens with one attached hydrogen (secondary N) is 1. The van der Waals surface area contributed by atoms with Crippen LogP contribution in [0.3, 0.4) is 0 Å². The lowest BCUT2D eigenvalue weighted by atomic mass is 10.0. The molecule has 1 aromatic heterocycles. The Morgan fingerprint density at radius 1 is 1.04 bits per heavy atom. The third kappa shape index (κ3) is 4.04. The average Bonchev–Trinajstić information content (AvgIpc) is 3.36. The summed E-state index contributed by atoms with van der Waals surface area (Å²) in [7, 11) is -3.36. The monoisotopic (exact) mass is 404 g/mol. The molecule has 2 aliphatic heterocycles. The molecular weight excluding hydrogens is 379 g/mol. The molecule has 1 unspecified atom stereocenters. The third-order valence-electron chi connectivity index (χ3n) is 5.39. The fraction of sp³-hybridized carbons (Fsp3) is 0.450. The van der Waals surface area contributed by atoms with E-state index in [9.17, 15) is 12.8 Å². The maximum atomic E-state index is 13.1. The van der Waals surface area contributed by atoms with Crippen molar-refractivity contribution in [3.63, 3.8) is 0 Å². The Kier molecular flexibility index (Phi) is 5.35. The summed E-state index contributed by atoms with van der Waals surface area (Å²) in [5, 5.41) is 3.28. The van der Waals surface area contributed by atoms with E-state index in [0.717, 1.165) is 42.0 Å². The third-order valence-corrected chi connectivity index (χ3v) is 7.39. The maximum absolute atomic E-state index is 13.1. The van der Waals surface area contributed by atoms with Crippen molar-refractivity contribution in [2.45, 2.75) is 32.1 Å². The molecule has 28 heavy (non-hydrogen) atoms. The molecule has 3 heterocycles. The Morgan fingerprint density at radius 2 is 1.75 bits per heavy atom. The van der Waals surface area contributed by atoms with E-state index in [-0.39, 0.29) is 11.7 Å². The van der Waals surface area contributed by atoms with Crippen LogP contribution in [0.4, 0.5) is 15.8 Å². The molecule has 2 aromatic rings. The Labute approximate surface area is 165 Å². The van der Waals surface area contributed by atoms with Gasteiger partial charge in [-0.05, 0) is 62.6 Å². The standard InChI is InChI=1S/C20H25FN4O2S/c1-15-12-19(23-18-6-4-17(21)5-7-18)13-20(22-15)16-8-11-25(14-16)28(26,27)24-9-2-3-10-24/h4-7,12-13,16H,2-3,8-11,14H2,1H3,(H,22,23). The van der Waals surface area contributed by atoms with Crippen molar-refractivity contribution in [3.8, 4) is 0 Å².